The second kappa shape index (κ2) is 8.20. The summed E-state index contributed by atoms with van der Waals surface area (Å²) >= 11 is 0. The summed E-state index contributed by atoms with van der Waals surface area (Å²) in [6, 6.07) is 0.651. The molecule has 1 aliphatic rings. The van der Waals surface area contributed by atoms with Crippen LogP contribution in [0, 0.1) is 0 Å². The lowest BCUT2D eigenvalue weighted by Crippen LogP contribution is -2.49. The molecule has 1 rings (SSSR count). The van der Waals surface area contributed by atoms with Crippen molar-refractivity contribution in [2.45, 2.75) is 51.1 Å². The summed E-state index contributed by atoms with van der Waals surface area (Å²) in [5.41, 5.74) is -0.106. The molecule has 1 saturated carbocycles. The Balaban J connectivity index is 2.34. The summed E-state index contributed by atoms with van der Waals surface area (Å²) in [7, 11) is 4.24. The molecule has 4 heteroatoms. The van der Waals surface area contributed by atoms with E-state index in [2.05, 4.69) is 43.1 Å². The lowest BCUT2D eigenvalue weighted by atomic mass is 9.98. The minimum absolute atomic E-state index is 0.106. The van der Waals surface area contributed by atoms with E-state index in [1.807, 2.05) is 0 Å². The summed E-state index contributed by atoms with van der Waals surface area (Å²) in [4.78, 5) is 4.75. The first-order valence-corrected chi connectivity index (χ1v) is 7.74. The average molecular weight is 271 g/mol. The smallest absolute Gasteiger partial charge is 0.0611 e. The minimum atomic E-state index is -0.106. The van der Waals surface area contributed by atoms with Gasteiger partial charge in [0.2, 0.25) is 0 Å². The third kappa shape index (κ3) is 7.25. The van der Waals surface area contributed by atoms with E-state index in [1.165, 1.54) is 19.3 Å². The Labute approximate surface area is 119 Å². The van der Waals surface area contributed by atoms with Crippen molar-refractivity contribution < 1.29 is 5.11 Å². The number of hydrogen-bond acceptors (Lipinski definition) is 4. The number of rotatable bonds is 11. The molecule has 0 amide bonds. The molecule has 1 aliphatic carbocycles. The third-order valence-corrected chi connectivity index (χ3v) is 3.86. The van der Waals surface area contributed by atoms with Crippen LogP contribution in [-0.4, -0.2) is 73.4 Å². The number of hydrogen-bond donors (Lipinski definition) is 2. The Morgan fingerprint density at radius 2 is 1.84 bits per heavy atom. The SMILES string of the molecule is CCCN(CCN(C)C)CCC(C)(CO)NC1CC1. The highest BCUT2D eigenvalue weighted by molar-refractivity contribution is 4.92. The van der Waals surface area contributed by atoms with Crippen molar-refractivity contribution >= 4 is 0 Å². The van der Waals surface area contributed by atoms with Crippen molar-refractivity contribution in [1.82, 2.24) is 15.1 Å². The van der Waals surface area contributed by atoms with Crippen LogP contribution < -0.4 is 5.32 Å². The minimum Gasteiger partial charge on any atom is -0.394 e. The highest BCUT2D eigenvalue weighted by atomic mass is 16.3. The maximum Gasteiger partial charge on any atom is 0.0611 e. The number of aliphatic hydroxyl groups is 1. The molecule has 0 aliphatic heterocycles. The molecule has 0 aromatic rings. The van der Waals surface area contributed by atoms with Gasteiger partial charge in [-0.05, 0) is 53.2 Å². The molecule has 0 aromatic heterocycles. The molecule has 1 unspecified atom stereocenters. The van der Waals surface area contributed by atoms with Crippen LogP contribution in [0.4, 0.5) is 0 Å². The zero-order valence-electron chi connectivity index (χ0n) is 13.3. The van der Waals surface area contributed by atoms with E-state index in [9.17, 15) is 5.11 Å². The molecule has 4 nitrogen and oxygen atoms in total. The van der Waals surface area contributed by atoms with E-state index in [4.69, 9.17) is 0 Å². The molecule has 2 N–H and O–H groups in total. The van der Waals surface area contributed by atoms with Gasteiger partial charge in [-0.2, -0.15) is 0 Å². The van der Waals surface area contributed by atoms with Crippen molar-refractivity contribution in [2.75, 3.05) is 46.9 Å². The van der Waals surface area contributed by atoms with Gasteiger partial charge in [0.25, 0.3) is 0 Å². The molecular weight excluding hydrogens is 238 g/mol. The van der Waals surface area contributed by atoms with Crippen LogP contribution in [-0.2, 0) is 0 Å². The van der Waals surface area contributed by atoms with Gasteiger partial charge in [-0.25, -0.2) is 0 Å². The Morgan fingerprint density at radius 3 is 2.32 bits per heavy atom. The first kappa shape index (κ1) is 16.9. The van der Waals surface area contributed by atoms with E-state index >= 15 is 0 Å². The van der Waals surface area contributed by atoms with Gasteiger partial charge in [-0.1, -0.05) is 6.92 Å². The summed E-state index contributed by atoms with van der Waals surface area (Å²) in [6.45, 7) is 9.06. The normalized spacial score (nSPS) is 19.1. The summed E-state index contributed by atoms with van der Waals surface area (Å²) in [6.07, 6.45) is 4.76. The van der Waals surface area contributed by atoms with Crippen LogP contribution in [0.5, 0.6) is 0 Å². The molecule has 0 spiro atoms. The van der Waals surface area contributed by atoms with Crippen molar-refractivity contribution in [2.24, 2.45) is 0 Å². The van der Waals surface area contributed by atoms with Gasteiger partial charge in [0.1, 0.15) is 0 Å². The van der Waals surface area contributed by atoms with E-state index in [-0.39, 0.29) is 12.1 Å². The Bertz CT molecular complexity index is 244. The molecule has 1 fully saturated rings. The van der Waals surface area contributed by atoms with E-state index in [1.54, 1.807) is 0 Å². The second-order valence-corrected chi connectivity index (χ2v) is 6.53. The van der Waals surface area contributed by atoms with Crippen LogP contribution in [0.25, 0.3) is 0 Å². The molecular formula is C15H33N3O. The van der Waals surface area contributed by atoms with Crippen molar-refractivity contribution in [1.29, 1.82) is 0 Å². The van der Waals surface area contributed by atoms with Gasteiger partial charge in [0, 0.05) is 31.2 Å². The molecule has 0 bridgehead atoms. The van der Waals surface area contributed by atoms with E-state index in [0.717, 1.165) is 32.6 Å². The molecule has 0 radical (unpaired) electrons. The van der Waals surface area contributed by atoms with Crippen LogP contribution in [0.1, 0.15) is 39.5 Å². The first-order chi connectivity index (χ1) is 8.99. The first-order valence-electron chi connectivity index (χ1n) is 7.74. The van der Waals surface area contributed by atoms with Crippen LogP contribution in [0.15, 0.2) is 0 Å². The van der Waals surface area contributed by atoms with Gasteiger partial charge >= 0.3 is 0 Å². The highest BCUT2D eigenvalue weighted by Crippen LogP contribution is 2.24. The van der Waals surface area contributed by atoms with Gasteiger partial charge in [0.05, 0.1) is 6.61 Å². The molecule has 1 atom stereocenters. The third-order valence-electron chi connectivity index (χ3n) is 3.86. The number of likely N-dealkylation sites (N-methyl/N-ethyl adjacent to an activating group) is 1. The van der Waals surface area contributed by atoms with Crippen LogP contribution in [0.3, 0.4) is 0 Å². The monoisotopic (exact) mass is 271 g/mol. The molecule has 19 heavy (non-hydrogen) atoms. The molecule has 0 heterocycles. The zero-order valence-corrected chi connectivity index (χ0v) is 13.3. The molecule has 114 valence electrons. The second-order valence-electron chi connectivity index (χ2n) is 6.53. The van der Waals surface area contributed by atoms with Gasteiger partial charge in [0.15, 0.2) is 0 Å². The lowest BCUT2D eigenvalue weighted by Gasteiger charge is -2.32. The molecule has 0 saturated heterocycles. The lowest BCUT2D eigenvalue weighted by molar-refractivity contribution is 0.140. The van der Waals surface area contributed by atoms with Crippen molar-refractivity contribution in [3.05, 3.63) is 0 Å². The number of aliphatic hydroxyl groups excluding tert-OH is 1. The Hall–Kier alpha value is -0.160. The fourth-order valence-electron chi connectivity index (χ4n) is 2.32. The fraction of sp³-hybridized carbons (Fsp3) is 1.00. The zero-order chi connectivity index (χ0) is 14.3. The quantitative estimate of drug-likeness (QED) is 0.591. The predicted molar refractivity (Wildman–Crippen MR) is 81.6 cm³/mol. The Kier molecular flexibility index (Phi) is 7.29. The average Bonchev–Trinajstić information content (AvgIpc) is 3.16. The summed E-state index contributed by atoms with van der Waals surface area (Å²) < 4.78 is 0. The highest BCUT2D eigenvalue weighted by Gasteiger charge is 2.31. The van der Waals surface area contributed by atoms with Crippen molar-refractivity contribution in [3.8, 4) is 0 Å². The molecule has 0 aromatic carbocycles. The maximum atomic E-state index is 9.63. The van der Waals surface area contributed by atoms with Gasteiger partial charge < -0.3 is 20.2 Å². The van der Waals surface area contributed by atoms with Gasteiger partial charge in [-0.3, -0.25) is 0 Å². The topological polar surface area (TPSA) is 38.7 Å². The van der Waals surface area contributed by atoms with Crippen molar-refractivity contribution in [3.63, 3.8) is 0 Å². The van der Waals surface area contributed by atoms with Crippen LogP contribution in [0.2, 0.25) is 0 Å². The van der Waals surface area contributed by atoms with Crippen LogP contribution >= 0.6 is 0 Å². The number of nitrogens with one attached hydrogen (secondary N) is 1. The summed E-state index contributed by atoms with van der Waals surface area (Å²) in [5.74, 6) is 0. The standard InChI is InChI=1S/C15H33N3O/c1-5-9-18(12-11-17(3)4)10-8-15(2,13-19)16-14-6-7-14/h14,16,19H,5-13H2,1-4H3. The van der Waals surface area contributed by atoms with E-state index in [0.29, 0.717) is 6.04 Å². The Morgan fingerprint density at radius 1 is 1.16 bits per heavy atom. The fourth-order valence-corrected chi connectivity index (χ4v) is 2.32. The van der Waals surface area contributed by atoms with E-state index < -0.39 is 0 Å². The number of nitrogens with zero attached hydrogens (tertiary/aromatic N) is 2. The summed E-state index contributed by atoms with van der Waals surface area (Å²) in [5, 5.41) is 13.2. The predicted octanol–water partition coefficient (Wildman–Crippen LogP) is 1.15. The largest absolute Gasteiger partial charge is 0.394 e. The van der Waals surface area contributed by atoms with Gasteiger partial charge in [-0.15, -0.1) is 0 Å². The maximum absolute atomic E-state index is 9.63.